The fourth-order valence-electron chi connectivity index (χ4n) is 2.25. The summed E-state index contributed by atoms with van der Waals surface area (Å²) in [5.41, 5.74) is 0. The summed E-state index contributed by atoms with van der Waals surface area (Å²) in [5, 5.41) is 2.98. The van der Waals surface area contributed by atoms with Gasteiger partial charge in [-0.2, -0.15) is 0 Å². The van der Waals surface area contributed by atoms with Crippen LogP contribution in [0.3, 0.4) is 0 Å². The fraction of sp³-hybridized carbons (Fsp3) is 0.200. The quantitative estimate of drug-likeness (QED) is 0.618. The van der Waals surface area contributed by atoms with Gasteiger partial charge in [-0.3, -0.25) is 0 Å². The first-order valence-corrected chi connectivity index (χ1v) is 11.6. The summed E-state index contributed by atoms with van der Waals surface area (Å²) >= 11 is 0.555. The molecule has 94 valence electrons. The molecule has 0 unspecified atom stereocenters. The van der Waals surface area contributed by atoms with Crippen molar-refractivity contribution in [1.29, 1.82) is 0 Å². The summed E-state index contributed by atoms with van der Waals surface area (Å²) < 4.78 is 2.46. The van der Waals surface area contributed by atoms with Gasteiger partial charge in [0, 0.05) is 0 Å². The third-order valence-corrected chi connectivity index (χ3v) is 14.7. The van der Waals surface area contributed by atoms with Crippen molar-refractivity contribution in [3.05, 3.63) is 60.7 Å². The maximum atomic E-state index is 2.46. The first-order chi connectivity index (χ1) is 8.71. The van der Waals surface area contributed by atoms with Crippen molar-refractivity contribution in [2.24, 2.45) is 0 Å². The van der Waals surface area contributed by atoms with E-state index in [9.17, 15) is 0 Å². The van der Waals surface area contributed by atoms with Gasteiger partial charge in [0.2, 0.25) is 0 Å². The van der Waals surface area contributed by atoms with Crippen molar-refractivity contribution in [3.8, 4) is 0 Å². The van der Waals surface area contributed by atoms with E-state index in [1.807, 2.05) is 0 Å². The molecule has 2 aromatic rings. The number of benzene rings is 2. The van der Waals surface area contributed by atoms with Crippen molar-refractivity contribution < 1.29 is 0 Å². The number of hydrogen-bond acceptors (Lipinski definition) is 1. The van der Waals surface area contributed by atoms with E-state index < -0.39 is 6.10 Å². The van der Waals surface area contributed by atoms with Gasteiger partial charge in [-0.05, 0) is 0 Å². The summed E-state index contributed by atoms with van der Waals surface area (Å²) in [6.45, 7) is 0. The fourth-order valence-corrected chi connectivity index (χ4v) is 11.6. The van der Waals surface area contributed by atoms with Crippen LogP contribution in [0, 0.1) is 0 Å². The van der Waals surface area contributed by atoms with Crippen LogP contribution >= 0.6 is 6.10 Å². The van der Waals surface area contributed by atoms with E-state index in [1.54, 1.807) is 0 Å². The Hall–Kier alpha value is -0.651. The summed E-state index contributed by atoms with van der Waals surface area (Å²) in [6, 6.07) is 22.0. The van der Waals surface area contributed by atoms with Crippen molar-refractivity contribution in [2.45, 2.75) is 5.82 Å². The molecule has 0 saturated carbocycles. The Bertz CT molecular complexity index is 445. The van der Waals surface area contributed by atoms with Crippen LogP contribution in [0.1, 0.15) is 0 Å². The zero-order chi connectivity index (χ0) is 13.0. The van der Waals surface area contributed by atoms with Crippen LogP contribution in [0.4, 0.5) is 0 Å². The monoisotopic (exact) mass is 324 g/mol. The summed E-state index contributed by atoms with van der Waals surface area (Å²) in [4.78, 5) is 0. The molecule has 0 aliphatic carbocycles. The first kappa shape index (κ1) is 13.8. The van der Waals surface area contributed by atoms with Crippen molar-refractivity contribution >= 4 is 31.2 Å². The minimum absolute atomic E-state index is 0.555. The van der Waals surface area contributed by atoms with Gasteiger partial charge in [0.25, 0.3) is 0 Å². The first-order valence-electron chi connectivity index (χ1n) is 5.95. The molecule has 3 heteroatoms. The van der Waals surface area contributed by atoms with Crippen LogP contribution in [0.5, 0.6) is 0 Å². The Balaban J connectivity index is 2.61. The summed E-state index contributed by atoms with van der Waals surface area (Å²) in [6.07, 6.45) is -1.36. The van der Waals surface area contributed by atoms with Crippen molar-refractivity contribution in [2.75, 3.05) is 14.1 Å². The molecule has 0 aliphatic heterocycles. The molecule has 0 saturated heterocycles. The van der Waals surface area contributed by atoms with Gasteiger partial charge in [0.1, 0.15) is 0 Å². The van der Waals surface area contributed by atoms with Gasteiger partial charge in [-0.15, -0.1) is 0 Å². The van der Waals surface area contributed by atoms with Gasteiger partial charge < -0.3 is 0 Å². The third kappa shape index (κ3) is 2.39. The molecule has 0 N–H and O–H groups in total. The molecule has 0 heterocycles. The molecule has 0 aromatic heterocycles. The molecular weight excluding hydrogens is 304 g/mol. The molecule has 0 amide bonds. The molecular formula is C15H19NPSe+. The topological polar surface area (TPSA) is 3.24 Å². The average Bonchev–Trinajstić information content (AvgIpc) is 2.42. The summed E-state index contributed by atoms with van der Waals surface area (Å²) in [5.74, 6) is 2.36. The molecule has 18 heavy (non-hydrogen) atoms. The molecule has 0 aliphatic rings. The Morgan fingerprint density at radius 1 is 0.778 bits per heavy atom. The number of nitrogens with zero attached hydrogens (tertiary/aromatic N) is 1. The van der Waals surface area contributed by atoms with E-state index in [0.717, 1.165) is 0 Å². The summed E-state index contributed by atoms with van der Waals surface area (Å²) in [7, 11) is 4.44. The van der Waals surface area contributed by atoms with Gasteiger partial charge in [0.15, 0.2) is 0 Å². The van der Waals surface area contributed by atoms with Crippen LogP contribution in [-0.4, -0.2) is 33.3 Å². The molecule has 2 aromatic carbocycles. The normalized spacial score (nSPS) is 11.8. The Morgan fingerprint density at radius 2 is 1.17 bits per heavy atom. The van der Waals surface area contributed by atoms with Crippen LogP contribution in [0.25, 0.3) is 0 Å². The van der Waals surface area contributed by atoms with Crippen LogP contribution in [-0.2, 0) is 0 Å². The van der Waals surface area contributed by atoms with Gasteiger partial charge >= 0.3 is 116 Å². The molecule has 0 atom stereocenters. The van der Waals surface area contributed by atoms with Crippen molar-refractivity contribution in [1.82, 2.24) is 4.67 Å². The van der Waals surface area contributed by atoms with Crippen LogP contribution in [0.2, 0.25) is 5.82 Å². The minimum atomic E-state index is -1.36. The molecule has 0 radical (unpaired) electrons. The van der Waals surface area contributed by atoms with E-state index in [0.29, 0.717) is 14.5 Å². The van der Waals surface area contributed by atoms with E-state index in [-0.39, 0.29) is 0 Å². The van der Waals surface area contributed by atoms with Crippen LogP contribution < -0.4 is 10.6 Å². The van der Waals surface area contributed by atoms with Gasteiger partial charge in [-0.25, -0.2) is 0 Å². The van der Waals surface area contributed by atoms with Crippen LogP contribution in [0.15, 0.2) is 60.7 Å². The zero-order valence-electron chi connectivity index (χ0n) is 11.1. The predicted octanol–water partition coefficient (Wildman–Crippen LogP) is 2.80. The van der Waals surface area contributed by atoms with Gasteiger partial charge in [-0.1, -0.05) is 0 Å². The Labute approximate surface area is 116 Å². The molecule has 0 fully saturated rings. The second-order valence-electron chi connectivity index (χ2n) is 4.28. The second-order valence-corrected chi connectivity index (χ2v) is 13.3. The predicted molar refractivity (Wildman–Crippen MR) is 84.4 cm³/mol. The van der Waals surface area contributed by atoms with E-state index in [4.69, 9.17) is 0 Å². The zero-order valence-corrected chi connectivity index (χ0v) is 13.7. The van der Waals surface area contributed by atoms with E-state index in [2.05, 4.69) is 85.3 Å². The third-order valence-electron chi connectivity index (χ3n) is 3.04. The van der Waals surface area contributed by atoms with Gasteiger partial charge in [0.05, 0.1) is 0 Å². The molecule has 2 rings (SSSR count). The number of rotatable bonds is 4. The molecule has 1 nitrogen and oxygen atoms in total. The SMILES string of the molecule is C[Se][P+](c1ccccc1)(c1ccccc1)N(C)C. The molecule has 0 bridgehead atoms. The average molecular weight is 323 g/mol. The van der Waals surface area contributed by atoms with Crippen molar-refractivity contribution in [3.63, 3.8) is 0 Å². The second kappa shape index (κ2) is 5.99. The standard InChI is InChI=1S/C15H19NPSe/c1-16(2)17(18-3,14-10-6-4-7-11-14)15-12-8-5-9-13-15/h4-13H,1-3H3/q+1. The number of hydrogen-bond donors (Lipinski definition) is 0. The van der Waals surface area contributed by atoms with E-state index in [1.165, 1.54) is 10.6 Å². The maximum absolute atomic E-state index is 2.46. The Morgan fingerprint density at radius 3 is 1.44 bits per heavy atom. The van der Waals surface area contributed by atoms with E-state index >= 15 is 0 Å². The Kier molecular flexibility index (Phi) is 4.59. The molecule has 0 spiro atoms.